The molecule has 0 fully saturated rings. The van der Waals surface area contributed by atoms with Gasteiger partial charge in [-0.15, -0.1) is 0 Å². The van der Waals surface area contributed by atoms with Crippen LogP contribution in [0.25, 0.3) is 27.8 Å². The van der Waals surface area contributed by atoms with Crippen molar-refractivity contribution in [3.63, 3.8) is 0 Å². The highest BCUT2D eigenvalue weighted by atomic mass is 16.6. The summed E-state index contributed by atoms with van der Waals surface area (Å²) in [6, 6.07) is 51.5. The second-order valence-corrected chi connectivity index (χ2v) is 12.3. The third-order valence-electron chi connectivity index (χ3n) is 9.72. The average molecular weight is 604 g/mol. The van der Waals surface area contributed by atoms with Crippen LogP contribution in [-0.4, -0.2) is 0 Å². The summed E-state index contributed by atoms with van der Waals surface area (Å²) in [5.41, 5.74) is 11.1. The SMILES string of the molecule is N#CC1C=CC(c2ccccc2-c2ccc3c(c2)Oc2cc4c(cc2O3)C(c2ccccc2)(c2ccccc2)c2ccccc2-4)=CC1. The molecule has 0 aromatic heterocycles. The first-order chi connectivity index (χ1) is 23.2. The molecule has 0 saturated carbocycles. The van der Waals surface area contributed by atoms with Crippen LogP contribution in [0.3, 0.4) is 0 Å². The van der Waals surface area contributed by atoms with Gasteiger partial charge in [-0.3, -0.25) is 0 Å². The van der Waals surface area contributed by atoms with Crippen LogP contribution in [0.5, 0.6) is 23.0 Å². The van der Waals surface area contributed by atoms with Crippen molar-refractivity contribution in [2.45, 2.75) is 11.8 Å². The van der Waals surface area contributed by atoms with Crippen LogP contribution in [0, 0.1) is 17.2 Å². The highest BCUT2D eigenvalue weighted by Crippen LogP contribution is 2.59. The molecule has 0 amide bonds. The van der Waals surface area contributed by atoms with E-state index in [-0.39, 0.29) is 5.92 Å². The first kappa shape index (κ1) is 27.2. The molecule has 9 rings (SSSR count). The van der Waals surface area contributed by atoms with E-state index in [0.29, 0.717) is 23.0 Å². The second kappa shape index (κ2) is 10.8. The molecule has 3 nitrogen and oxygen atoms in total. The van der Waals surface area contributed by atoms with Crippen LogP contribution in [-0.2, 0) is 5.41 Å². The van der Waals surface area contributed by atoms with Gasteiger partial charge in [0.25, 0.3) is 0 Å². The second-order valence-electron chi connectivity index (χ2n) is 12.3. The number of ether oxygens (including phenoxy) is 2. The molecule has 0 radical (unpaired) electrons. The number of fused-ring (bicyclic) bond motifs is 5. The summed E-state index contributed by atoms with van der Waals surface area (Å²) in [6.45, 7) is 0. The number of nitrogens with zero attached hydrogens (tertiary/aromatic N) is 1. The summed E-state index contributed by atoms with van der Waals surface area (Å²) in [6.07, 6.45) is 6.93. The summed E-state index contributed by atoms with van der Waals surface area (Å²) in [5.74, 6) is 2.71. The van der Waals surface area contributed by atoms with Gasteiger partial charge in [-0.25, -0.2) is 0 Å². The molecule has 0 spiro atoms. The lowest BCUT2D eigenvalue weighted by Gasteiger charge is -2.34. The third kappa shape index (κ3) is 4.19. The van der Waals surface area contributed by atoms with E-state index in [1.165, 1.54) is 27.8 Å². The van der Waals surface area contributed by atoms with Gasteiger partial charge in [-0.2, -0.15) is 5.26 Å². The van der Waals surface area contributed by atoms with Gasteiger partial charge < -0.3 is 9.47 Å². The van der Waals surface area contributed by atoms with E-state index >= 15 is 0 Å². The Morgan fingerprint density at radius 2 is 1.17 bits per heavy atom. The Labute approximate surface area is 274 Å². The normalized spacial score (nSPS) is 16.3. The minimum Gasteiger partial charge on any atom is -0.450 e. The summed E-state index contributed by atoms with van der Waals surface area (Å²) in [5, 5.41) is 9.34. The van der Waals surface area contributed by atoms with Crippen molar-refractivity contribution in [1.82, 2.24) is 0 Å². The highest BCUT2D eigenvalue weighted by molar-refractivity contribution is 5.89. The molecule has 1 atom stereocenters. The molecule has 222 valence electrons. The van der Waals surface area contributed by atoms with Crippen molar-refractivity contribution in [2.75, 3.05) is 0 Å². The zero-order valence-corrected chi connectivity index (χ0v) is 25.6. The van der Waals surface area contributed by atoms with Crippen molar-refractivity contribution < 1.29 is 9.47 Å². The fourth-order valence-corrected chi connectivity index (χ4v) is 7.59. The van der Waals surface area contributed by atoms with Crippen LogP contribution >= 0.6 is 0 Å². The molecule has 1 aliphatic heterocycles. The molecule has 1 heterocycles. The molecule has 0 N–H and O–H groups in total. The van der Waals surface area contributed by atoms with E-state index in [1.54, 1.807) is 0 Å². The van der Waals surface area contributed by atoms with E-state index in [2.05, 4.69) is 152 Å². The lowest BCUT2D eigenvalue weighted by molar-refractivity contribution is 0.359. The van der Waals surface area contributed by atoms with E-state index in [9.17, 15) is 5.26 Å². The number of allylic oxidation sites excluding steroid dienone is 4. The van der Waals surface area contributed by atoms with Gasteiger partial charge in [0, 0.05) is 0 Å². The van der Waals surface area contributed by atoms with Crippen molar-refractivity contribution in [3.05, 3.63) is 186 Å². The molecular formula is C44H29NO2. The Morgan fingerprint density at radius 1 is 0.553 bits per heavy atom. The predicted molar refractivity (Wildman–Crippen MR) is 187 cm³/mol. The maximum atomic E-state index is 9.34. The topological polar surface area (TPSA) is 42.2 Å². The standard InChI is InChI=1S/C44H29NO2/c45-28-29-19-21-30(22-20-29)34-15-7-8-16-35(34)31-23-24-40-41(25-31)47-42-26-37-36-17-9-10-18-38(36)44(32-11-3-1-4-12-32,33-13-5-2-6-14-33)39(37)27-43(42)46-40/h1-19,21-27,29H,20H2. The van der Waals surface area contributed by atoms with Crippen molar-refractivity contribution in [2.24, 2.45) is 5.92 Å². The molecule has 0 saturated heterocycles. The highest BCUT2D eigenvalue weighted by Gasteiger charge is 2.47. The Morgan fingerprint density at radius 3 is 1.87 bits per heavy atom. The van der Waals surface area contributed by atoms with Gasteiger partial charge >= 0.3 is 0 Å². The molecule has 0 bridgehead atoms. The van der Waals surface area contributed by atoms with Crippen LogP contribution in [0.2, 0.25) is 0 Å². The van der Waals surface area contributed by atoms with Crippen LogP contribution < -0.4 is 9.47 Å². The summed E-state index contributed by atoms with van der Waals surface area (Å²) < 4.78 is 13.3. The Kier molecular flexibility index (Phi) is 6.23. The molecule has 1 unspecified atom stereocenters. The fourth-order valence-electron chi connectivity index (χ4n) is 7.59. The largest absolute Gasteiger partial charge is 0.450 e. The predicted octanol–water partition coefficient (Wildman–Crippen LogP) is 11.1. The third-order valence-corrected chi connectivity index (χ3v) is 9.72. The zero-order valence-electron chi connectivity index (χ0n) is 25.6. The first-order valence-electron chi connectivity index (χ1n) is 16.0. The van der Waals surface area contributed by atoms with Crippen LogP contribution in [0.15, 0.2) is 158 Å². The van der Waals surface area contributed by atoms with E-state index in [1.807, 2.05) is 12.1 Å². The molecule has 3 aliphatic rings. The van der Waals surface area contributed by atoms with Gasteiger partial charge in [0.15, 0.2) is 23.0 Å². The monoisotopic (exact) mass is 603 g/mol. The Bertz CT molecular complexity index is 2250. The molecule has 47 heavy (non-hydrogen) atoms. The Balaban J connectivity index is 1.16. The van der Waals surface area contributed by atoms with Gasteiger partial charge in [-0.05, 0) is 86.3 Å². The quantitative estimate of drug-likeness (QED) is 0.201. The van der Waals surface area contributed by atoms with Gasteiger partial charge in [0.05, 0.1) is 17.4 Å². The van der Waals surface area contributed by atoms with Crippen molar-refractivity contribution in [1.29, 1.82) is 5.26 Å². The number of nitriles is 1. The van der Waals surface area contributed by atoms with E-state index < -0.39 is 5.41 Å². The van der Waals surface area contributed by atoms with Crippen LogP contribution in [0.4, 0.5) is 0 Å². The van der Waals surface area contributed by atoms with Gasteiger partial charge in [-0.1, -0.05) is 133 Å². The first-order valence-corrected chi connectivity index (χ1v) is 16.0. The summed E-state index contributed by atoms with van der Waals surface area (Å²) in [7, 11) is 0. The van der Waals surface area contributed by atoms with Crippen molar-refractivity contribution in [3.8, 4) is 51.3 Å². The lowest BCUT2D eigenvalue weighted by Crippen LogP contribution is -2.28. The number of hydrogen-bond donors (Lipinski definition) is 0. The van der Waals surface area contributed by atoms with Crippen molar-refractivity contribution >= 4 is 5.57 Å². The smallest absolute Gasteiger partial charge is 0.170 e. The average Bonchev–Trinajstić information content (AvgIpc) is 3.43. The summed E-state index contributed by atoms with van der Waals surface area (Å²) >= 11 is 0. The molecule has 2 aliphatic carbocycles. The van der Waals surface area contributed by atoms with Gasteiger partial charge in [0.1, 0.15) is 0 Å². The zero-order chi connectivity index (χ0) is 31.4. The van der Waals surface area contributed by atoms with E-state index in [4.69, 9.17) is 9.47 Å². The lowest BCUT2D eigenvalue weighted by atomic mass is 9.67. The summed E-state index contributed by atoms with van der Waals surface area (Å²) in [4.78, 5) is 0. The van der Waals surface area contributed by atoms with Crippen LogP contribution in [0.1, 0.15) is 34.2 Å². The molecule has 6 aromatic rings. The molecular weight excluding hydrogens is 574 g/mol. The molecule has 3 heteroatoms. The maximum absolute atomic E-state index is 9.34. The van der Waals surface area contributed by atoms with Gasteiger partial charge in [0.2, 0.25) is 0 Å². The number of benzene rings is 6. The van der Waals surface area contributed by atoms with E-state index in [0.717, 1.165) is 34.2 Å². The number of rotatable bonds is 4. The fraction of sp³-hybridized carbons (Fsp3) is 0.0682. The molecule has 6 aromatic carbocycles. The minimum absolute atomic E-state index is 0.0702. The number of hydrogen-bond acceptors (Lipinski definition) is 3. The minimum atomic E-state index is -0.504. The Hall–Kier alpha value is -6.11. The maximum Gasteiger partial charge on any atom is 0.170 e.